The monoisotopic (exact) mass is 328 g/mol. The number of nitrogens with zero attached hydrogens (tertiary/aromatic N) is 3. The molecule has 0 bridgehead atoms. The van der Waals surface area contributed by atoms with Crippen LogP contribution in [0.2, 0.25) is 0 Å². The SMILES string of the molecule is Fc1cccc(C2CNCCN2Cc2nc(-c3ccco3)no2)c1. The van der Waals surface area contributed by atoms with Crippen molar-refractivity contribution in [2.45, 2.75) is 12.6 Å². The van der Waals surface area contributed by atoms with E-state index < -0.39 is 0 Å². The van der Waals surface area contributed by atoms with Crippen LogP contribution in [0.3, 0.4) is 0 Å². The molecule has 1 unspecified atom stereocenters. The Morgan fingerprint density at radius 1 is 1.29 bits per heavy atom. The first-order valence-electron chi connectivity index (χ1n) is 7.86. The lowest BCUT2D eigenvalue weighted by Crippen LogP contribution is -2.45. The first kappa shape index (κ1) is 15.0. The Balaban J connectivity index is 1.53. The predicted octanol–water partition coefficient (Wildman–Crippen LogP) is 2.62. The third-order valence-corrected chi connectivity index (χ3v) is 4.14. The number of halogens is 1. The van der Waals surface area contributed by atoms with E-state index in [0.29, 0.717) is 24.0 Å². The van der Waals surface area contributed by atoms with Crippen LogP contribution in [0.5, 0.6) is 0 Å². The van der Waals surface area contributed by atoms with Crippen molar-refractivity contribution in [2.75, 3.05) is 19.6 Å². The summed E-state index contributed by atoms with van der Waals surface area (Å²) in [6.45, 7) is 2.95. The Labute approximate surface area is 138 Å². The van der Waals surface area contributed by atoms with E-state index in [4.69, 9.17) is 8.94 Å². The molecule has 1 aromatic carbocycles. The van der Waals surface area contributed by atoms with Gasteiger partial charge < -0.3 is 14.3 Å². The zero-order valence-corrected chi connectivity index (χ0v) is 13.0. The van der Waals surface area contributed by atoms with Gasteiger partial charge in [0.1, 0.15) is 5.82 Å². The first-order chi connectivity index (χ1) is 11.8. The van der Waals surface area contributed by atoms with E-state index in [9.17, 15) is 4.39 Å². The molecule has 1 N–H and O–H groups in total. The maximum absolute atomic E-state index is 13.5. The van der Waals surface area contributed by atoms with Crippen LogP contribution in [0.1, 0.15) is 17.5 Å². The molecule has 0 aliphatic carbocycles. The molecule has 0 amide bonds. The normalized spacial score (nSPS) is 18.8. The van der Waals surface area contributed by atoms with Crippen molar-refractivity contribution in [2.24, 2.45) is 0 Å². The summed E-state index contributed by atoms with van der Waals surface area (Å²) < 4.78 is 24.2. The van der Waals surface area contributed by atoms with Crippen LogP contribution in [-0.2, 0) is 6.54 Å². The van der Waals surface area contributed by atoms with Gasteiger partial charge in [0.15, 0.2) is 5.76 Å². The standard InChI is InChI=1S/C17H17FN4O2/c18-13-4-1-3-12(9-13)14-10-19-6-7-22(14)11-16-20-17(21-24-16)15-5-2-8-23-15/h1-5,8-9,14,19H,6-7,10-11H2. The van der Waals surface area contributed by atoms with E-state index >= 15 is 0 Å². The van der Waals surface area contributed by atoms with Crippen molar-refractivity contribution >= 4 is 0 Å². The zero-order valence-electron chi connectivity index (χ0n) is 13.0. The van der Waals surface area contributed by atoms with Crippen molar-refractivity contribution in [3.05, 3.63) is 59.9 Å². The Morgan fingerprint density at radius 3 is 3.08 bits per heavy atom. The molecule has 7 heteroatoms. The van der Waals surface area contributed by atoms with Gasteiger partial charge in [-0.1, -0.05) is 17.3 Å². The molecule has 1 atom stereocenters. The number of hydrogen-bond acceptors (Lipinski definition) is 6. The third kappa shape index (κ3) is 3.08. The van der Waals surface area contributed by atoms with Gasteiger partial charge in [0.2, 0.25) is 11.7 Å². The molecule has 0 spiro atoms. The molecule has 3 heterocycles. The molecule has 0 radical (unpaired) electrons. The van der Waals surface area contributed by atoms with Crippen LogP contribution in [0, 0.1) is 5.82 Å². The van der Waals surface area contributed by atoms with Crippen LogP contribution in [0.15, 0.2) is 51.6 Å². The van der Waals surface area contributed by atoms with Crippen LogP contribution in [0.25, 0.3) is 11.6 Å². The fourth-order valence-corrected chi connectivity index (χ4v) is 2.98. The number of hydrogen-bond donors (Lipinski definition) is 1. The minimum Gasteiger partial charge on any atom is -0.461 e. The smallest absolute Gasteiger partial charge is 0.241 e. The number of piperazine rings is 1. The maximum atomic E-state index is 13.5. The minimum atomic E-state index is -0.226. The molecule has 24 heavy (non-hydrogen) atoms. The number of aromatic nitrogens is 2. The van der Waals surface area contributed by atoms with Gasteiger partial charge in [-0.15, -0.1) is 0 Å². The van der Waals surface area contributed by atoms with E-state index in [1.807, 2.05) is 6.07 Å². The van der Waals surface area contributed by atoms with Gasteiger partial charge in [0.05, 0.1) is 12.8 Å². The molecule has 1 aliphatic rings. The average Bonchev–Trinajstić information content (AvgIpc) is 3.26. The van der Waals surface area contributed by atoms with E-state index in [1.54, 1.807) is 30.5 Å². The lowest BCUT2D eigenvalue weighted by Gasteiger charge is -2.35. The highest BCUT2D eigenvalue weighted by atomic mass is 19.1. The van der Waals surface area contributed by atoms with Crippen LogP contribution in [-0.4, -0.2) is 34.7 Å². The fraction of sp³-hybridized carbons (Fsp3) is 0.294. The molecule has 0 saturated carbocycles. The first-order valence-corrected chi connectivity index (χ1v) is 7.86. The third-order valence-electron chi connectivity index (χ3n) is 4.14. The molecule has 6 nitrogen and oxygen atoms in total. The van der Waals surface area contributed by atoms with Crippen LogP contribution >= 0.6 is 0 Å². The summed E-state index contributed by atoms with van der Waals surface area (Å²) in [7, 11) is 0. The lowest BCUT2D eigenvalue weighted by molar-refractivity contribution is 0.135. The van der Waals surface area contributed by atoms with Crippen molar-refractivity contribution in [3.63, 3.8) is 0 Å². The molecular weight excluding hydrogens is 311 g/mol. The second-order valence-corrected chi connectivity index (χ2v) is 5.73. The topological polar surface area (TPSA) is 67.3 Å². The van der Waals surface area contributed by atoms with Gasteiger partial charge in [-0.05, 0) is 29.8 Å². The second-order valence-electron chi connectivity index (χ2n) is 5.73. The molecular formula is C17H17FN4O2. The summed E-state index contributed by atoms with van der Waals surface area (Å²) >= 11 is 0. The summed E-state index contributed by atoms with van der Waals surface area (Å²) in [5, 5.41) is 7.30. The number of rotatable bonds is 4. The van der Waals surface area contributed by atoms with Gasteiger partial charge in [-0.2, -0.15) is 4.98 Å². The minimum absolute atomic E-state index is 0.0633. The number of furan rings is 1. The van der Waals surface area contributed by atoms with Crippen molar-refractivity contribution in [1.29, 1.82) is 0 Å². The van der Waals surface area contributed by atoms with Crippen LogP contribution < -0.4 is 5.32 Å². The van der Waals surface area contributed by atoms with Gasteiger partial charge in [-0.25, -0.2) is 4.39 Å². The van der Waals surface area contributed by atoms with Gasteiger partial charge >= 0.3 is 0 Å². The quantitative estimate of drug-likeness (QED) is 0.794. The van der Waals surface area contributed by atoms with Crippen LogP contribution in [0.4, 0.5) is 4.39 Å². The summed E-state index contributed by atoms with van der Waals surface area (Å²) in [6.07, 6.45) is 1.57. The lowest BCUT2D eigenvalue weighted by atomic mass is 10.0. The van der Waals surface area contributed by atoms with Crippen molar-refractivity contribution in [3.8, 4) is 11.6 Å². The Bertz CT molecular complexity index is 803. The largest absolute Gasteiger partial charge is 0.461 e. The Kier molecular flexibility index (Phi) is 4.10. The number of benzene rings is 1. The van der Waals surface area contributed by atoms with Gasteiger partial charge in [0.25, 0.3) is 0 Å². The fourth-order valence-electron chi connectivity index (χ4n) is 2.98. The number of nitrogens with one attached hydrogen (secondary N) is 1. The summed E-state index contributed by atoms with van der Waals surface area (Å²) in [5.74, 6) is 1.31. The zero-order chi connectivity index (χ0) is 16.4. The van der Waals surface area contributed by atoms with Gasteiger partial charge in [0, 0.05) is 25.7 Å². The van der Waals surface area contributed by atoms with E-state index in [-0.39, 0.29) is 11.9 Å². The molecule has 2 aromatic heterocycles. The van der Waals surface area contributed by atoms with E-state index in [0.717, 1.165) is 25.2 Å². The highest BCUT2D eigenvalue weighted by molar-refractivity contribution is 5.44. The van der Waals surface area contributed by atoms with Crippen molar-refractivity contribution in [1.82, 2.24) is 20.4 Å². The van der Waals surface area contributed by atoms with E-state index in [1.165, 1.54) is 6.07 Å². The predicted molar refractivity (Wildman–Crippen MR) is 84.4 cm³/mol. The van der Waals surface area contributed by atoms with Crippen molar-refractivity contribution < 1.29 is 13.3 Å². The second kappa shape index (κ2) is 6.54. The summed E-state index contributed by atoms with van der Waals surface area (Å²) in [6, 6.07) is 10.3. The highest BCUT2D eigenvalue weighted by Crippen LogP contribution is 2.25. The molecule has 124 valence electrons. The molecule has 1 saturated heterocycles. The Hall–Kier alpha value is -2.51. The summed E-state index contributed by atoms with van der Waals surface area (Å²) in [4.78, 5) is 6.60. The molecule has 4 rings (SSSR count). The molecule has 1 aliphatic heterocycles. The highest BCUT2D eigenvalue weighted by Gasteiger charge is 2.26. The molecule has 1 fully saturated rings. The van der Waals surface area contributed by atoms with E-state index in [2.05, 4.69) is 20.4 Å². The van der Waals surface area contributed by atoms with Gasteiger partial charge in [-0.3, -0.25) is 4.90 Å². The maximum Gasteiger partial charge on any atom is 0.241 e. The molecule has 3 aromatic rings. The average molecular weight is 328 g/mol. The Morgan fingerprint density at radius 2 is 2.25 bits per heavy atom. The summed E-state index contributed by atoms with van der Waals surface area (Å²) in [5.41, 5.74) is 0.938.